The molecule has 39 heavy (non-hydrogen) atoms. The second-order valence-corrected chi connectivity index (χ2v) is 12.2. The molecule has 2 aromatic heterocycles. The molecule has 0 aromatic carbocycles. The Balaban J connectivity index is 1.38. The van der Waals surface area contributed by atoms with Gasteiger partial charge in [-0.1, -0.05) is 26.0 Å². The maximum Gasteiger partial charge on any atom is 0.333 e. The topological polar surface area (TPSA) is 104 Å². The Morgan fingerprint density at radius 1 is 1.28 bits per heavy atom. The first-order valence-corrected chi connectivity index (χ1v) is 13.7. The zero-order chi connectivity index (χ0) is 27.7. The second kappa shape index (κ2) is 9.11. The number of hydrogen-bond donors (Lipinski definition) is 2. The Hall–Kier alpha value is -2.82. The molecule has 0 saturated heterocycles. The van der Waals surface area contributed by atoms with Crippen molar-refractivity contribution in [2.75, 3.05) is 13.7 Å². The summed E-state index contributed by atoms with van der Waals surface area (Å²) in [7, 11) is 1.40. The molecule has 8 nitrogen and oxygen atoms in total. The highest BCUT2D eigenvalue weighted by molar-refractivity contribution is 7.96. The van der Waals surface area contributed by atoms with Crippen LogP contribution in [0.3, 0.4) is 0 Å². The van der Waals surface area contributed by atoms with Crippen LogP contribution in [0, 0.1) is 34.5 Å². The minimum Gasteiger partial charge on any atom is -0.448 e. The summed E-state index contributed by atoms with van der Waals surface area (Å²) in [5, 5.41) is 15.9. The normalized spacial score (nSPS) is 36.3. The summed E-state index contributed by atoms with van der Waals surface area (Å²) in [5.41, 5.74) is 1.16. The van der Waals surface area contributed by atoms with E-state index in [1.54, 1.807) is 10.7 Å². The first-order chi connectivity index (χ1) is 18.5. The number of carbonyl (C=O) groups is 2. The summed E-state index contributed by atoms with van der Waals surface area (Å²) in [4.78, 5) is 29.3. The number of aliphatic hydroxyl groups excluding tert-OH is 1. The summed E-state index contributed by atoms with van der Waals surface area (Å²) >= 11 is 4.20. The SMILES string of the molecule is COCC(=O)OC1(C(=O)S)CCC2C3C=CC4=Cc5c(cnn5-c5ccc(F)nc5)CC4(C)C3C(O)CC21C. The van der Waals surface area contributed by atoms with E-state index in [9.17, 15) is 19.1 Å². The van der Waals surface area contributed by atoms with Gasteiger partial charge in [0.05, 0.1) is 29.9 Å². The highest BCUT2D eigenvalue weighted by Gasteiger charge is 2.69. The van der Waals surface area contributed by atoms with Crippen LogP contribution in [0.2, 0.25) is 0 Å². The maximum atomic E-state index is 13.4. The van der Waals surface area contributed by atoms with Crippen LogP contribution >= 0.6 is 12.6 Å². The fourth-order valence-corrected chi connectivity index (χ4v) is 8.64. The average molecular weight is 554 g/mol. The third kappa shape index (κ3) is 3.71. The predicted octanol–water partition coefficient (Wildman–Crippen LogP) is 3.72. The lowest BCUT2D eigenvalue weighted by Gasteiger charge is -2.58. The highest BCUT2D eigenvalue weighted by atomic mass is 32.1. The molecular formula is C29H32FN3O5S. The van der Waals surface area contributed by atoms with Crippen molar-refractivity contribution < 1.29 is 28.6 Å². The number of thiol groups is 1. The van der Waals surface area contributed by atoms with Crippen molar-refractivity contribution in [3.8, 4) is 5.69 Å². The van der Waals surface area contributed by atoms with Gasteiger partial charge in [0.25, 0.3) is 0 Å². The molecule has 4 aliphatic carbocycles. The van der Waals surface area contributed by atoms with Crippen LogP contribution in [-0.4, -0.2) is 56.4 Å². The molecule has 7 atom stereocenters. The Kier molecular flexibility index (Phi) is 6.17. The lowest BCUT2D eigenvalue weighted by atomic mass is 9.47. The fourth-order valence-electron chi connectivity index (χ4n) is 8.23. The molecule has 0 amide bonds. The fraction of sp³-hybridized carbons (Fsp3) is 0.517. The van der Waals surface area contributed by atoms with E-state index in [1.165, 1.54) is 19.4 Å². The largest absolute Gasteiger partial charge is 0.448 e. The van der Waals surface area contributed by atoms with E-state index >= 15 is 0 Å². The highest BCUT2D eigenvalue weighted by Crippen LogP contribution is 2.67. The van der Waals surface area contributed by atoms with Gasteiger partial charge in [0.1, 0.15) is 6.61 Å². The molecule has 2 heterocycles. The van der Waals surface area contributed by atoms with Gasteiger partial charge in [-0.15, -0.1) is 12.6 Å². The number of halogens is 1. The molecular weight excluding hydrogens is 521 g/mol. The summed E-state index contributed by atoms with van der Waals surface area (Å²) < 4.78 is 26.0. The van der Waals surface area contributed by atoms with Crippen LogP contribution in [0.15, 0.2) is 42.3 Å². The first-order valence-electron chi connectivity index (χ1n) is 13.3. The van der Waals surface area contributed by atoms with Gasteiger partial charge in [-0.2, -0.15) is 9.49 Å². The van der Waals surface area contributed by atoms with E-state index in [0.29, 0.717) is 31.4 Å². The molecule has 2 aromatic rings. The number of esters is 1. The molecule has 206 valence electrons. The van der Waals surface area contributed by atoms with Crippen molar-refractivity contribution in [3.05, 3.63) is 59.5 Å². The van der Waals surface area contributed by atoms with E-state index < -0.39 is 34.2 Å². The van der Waals surface area contributed by atoms with Crippen molar-refractivity contribution >= 4 is 29.8 Å². The summed E-state index contributed by atoms with van der Waals surface area (Å²) in [5.74, 6) is -1.26. The second-order valence-electron chi connectivity index (χ2n) is 11.8. The van der Waals surface area contributed by atoms with Gasteiger partial charge in [0.15, 0.2) is 5.60 Å². The zero-order valence-electron chi connectivity index (χ0n) is 22.1. The number of allylic oxidation sites excluding steroid dienone is 3. The van der Waals surface area contributed by atoms with Crippen molar-refractivity contribution in [2.24, 2.45) is 28.6 Å². The molecule has 0 aliphatic heterocycles. The third-order valence-corrected chi connectivity index (χ3v) is 10.3. The summed E-state index contributed by atoms with van der Waals surface area (Å²) in [6, 6.07) is 2.96. The molecule has 0 radical (unpaired) electrons. The van der Waals surface area contributed by atoms with Gasteiger partial charge in [-0.05, 0) is 66.9 Å². The van der Waals surface area contributed by atoms with Gasteiger partial charge in [-0.25, -0.2) is 14.5 Å². The summed E-state index contributed by atoms with van der Waals surface area (Å²) in [6.07, 6.45) is 11.0. The molecule has 6 rings (SSSR count). The number of nitrogens with zero attached hydrogens (tertiary/aromatic N) is 3. The minimum atomic E-state index is -1.42. The molecule has 1 N–H and O–H groups in total. The smallest absolute Gasteiger partial charge is 0.333 e. The quantitative estimate of drug-likeness (QED) is 0.331. The summed E-state index contributed by atoms with van der Waals surface area (Å²) in [6.45, 7) is 3.89. The molecule has 0 bridgehead atoms. The lowest BCUT2D eigenvalue weighted by Crippen LogP contribution is -2.61. The number of methoxy groups -OCH3 is 1. The van der Waals surface area contributed by atoms with Gasteiger partial charge in [-0.3, -0.25) is 4.79 Å². The zero-order valence-corrected chi connectivity index (χ0v) is 23.0. The molecule has 2 fully saturated rings. The van der Waals surface area contributed by atoms with Crippen LogP contribution < -0.4 is 0 Å². The first kappa shape index (κ1) is 26.4. The number of ether oxygens (including phenoxy) is 2. The number of carbonyl (C=O) groups excluding carboxylic acids is 2. The molecule has 10 heteroatoms. The van der Waals surface area contributed by atoms with Gasteiger partial charge < -0.3 is 14.6 Å². The molecule has 4 aliphatic rings. The molecule has 0 spiro atoms. The van der Waals surface area contributed by atoms with Crippen LogP contribution in [-0.2, 0) is 25.5 Å². The Labute approximate surface area is 231 Å². The van der Waals surface area contributed by atoms with E-state index in [1.807, 2.05) is 13.1 Å². The molecule has 2 saturated carbocycles. The van der Waals surface area contributed by atoms with Gasteiger partial charge >= 0.3 is 5.97 Å². The predicted molar refractivity (Wildman–Crippen MR) is 143 cm³/mol. The van der Waals surface area contributed by atoms with Crippen LogP contribution in [0.25, 0.3) is 11.8 Å². The lowest BCUT2D eigenvalue weighted by molar-refractivity contribution is -0.194. The number of aromatic nitrogens is 3. The van der Waals surface area contributed by atoms with Crippen molar-refractivity contribution in [1.29, 1.82) is 0 Å². The van der Waals surface area contributed by atoms with E-state index in [-0.39, 0.29) is 29.8 Å². The van der Waals surface area contributed by atoms with Crippen molar-refractivity contribution in [2.45, 2.75) is 51.2 Å². The van der Waals surface area contributed by atoms with Crippen molar-refractivity contribution in [3.63, 3.8) is 0 Å². The number of aliphatic hydroxyl groups is 1. The number of rotatable bonds is 5. The Morgan fingerprint density at radius 2 is 2.08 bits per heavy atom. The number of fused-ring (bicyclic) bond motifs is 6. The van der Waals surface area contributed by atoms with E-state index in [2.05, 4.69) is 47.9 Å². The van der Waals surface area contributed by atoms with Crippen molar-refractivity contribution in [1.82, 2.24) is 14.8 Å². The Bertz CT molecular complexity index is 1410. The maximum absolute atomic E-state index is 13.4. The average Bonchev–Trinajstić information content (AvgIpc) is 3.41. The van der Waals surface area contributed by atoms with Gasteiger partial charge in [0.2, 0.25) is 11.1 Å². The van der Waals surface area contributed by atoms with E-state index in [4.69, 9.17) is 9.47 Å². The molecule has 7 unspecified atom stereocenters. The minimum absolute atomic E-state index is 0.0152. The van der Waals surface area contributed by atoms with Crippen LogP contribution in [0.1, 0.15) is 44.4 Å². The number of hydrogen-bond acceptors (Lipinski definition) is 7. The van der Waals surface area contributed by atoms with Crippen LogP contribution in [0.5, 0.6) is 0 Å². The standard InChI is InChI=1S/C29H32FN3O5S/c1-27-11-16-13-32-33(18-5-7-23(30)31-14-18)21(16)10-17(27)4-6-19-20-8-9-29(26(36)39,38-24(35)15-37-3)28(20,2)12-22(34)25(19)27/h4-7,10,13-14,19-20,22,25,34H,8-9,11-12,15H2,1-3H3,(H,36,39). The monoisotopic (exact) mass is 553 g/mol. The van der Waals surface area contributed by atoms with Crippen LogP contribution in [0.4, 0.5) is 4.39 Å². The van der Waals surface area contributed by atoms with Gasteiger partial charge in [0, 0.05) is 23.9 Å². The third-order valence-electron chi connectivity index (χ3n) is 9.96. The Morgan fingerprint density at radius 3 is 2.77 bits per heavy atom. The van der Waals surface area contributed by atoms with E-state index in [0.717, 1.165) is 16.8 Å². The number of pyridine rings is 1.